The highest BCUT2D eigenvalue weighted by Gasteiger charge is 2.15. The van der Waals surface area contributed by atoms with E-state index < -0.39 is 0 Å². The number of fused-ring (bicyclic) bond motifs is 1. The van der Waals surface area contributed by atoms with E-state index in [-0.39, 0.29) is 5.69 Å². The molecule has 2 aromatic carbocycles. The van der Waals surface area contributed by atoms with Gasteiger partial charge in [-0.15, -0.1) is 6.42 Å². The van der Waals surface area contributed by atoms with Crippen molar-refractivity contribution in [3.8, 4) is 23.8 Å². The van der Waals surface area contributed by atoms with Crippen LogP contribution >= 0.6 is 0 Å². The molecule has 2 aromatic heterocycles. The number of hydrogen-bond donors (Lipinski definition) is 1. The van der Waals surface area contributed by atoms with Crippen LogP contribution in [0, 0.1) is 12.3 Å². The zero-order valence-electron chi connectivity index (χ0n) is 17.2. The van der Waals surface area contributed by atoms with Gasteiger partial charge in [-0.2, -0.15) is 0 Å². The highest BCUT2D eigenvalue weighted by Crippen LogP contribution is 2.31. The number of aromatic nitrogens is 4. The molecule has 1 N–H and O–H groups in total. The summed E-state index contributed by atoms with van der Waals surface area (Å²) in [6.45, 7) is 0.900. The van der Waals surface area contributed by atoms with Gasteiger partial charge >= 0.3 is 5.69 Å². The molecule has 0 radical (unpaired) electrons. The molecule has 0 saturated carbocycles. The molecule has 4 rings (SSSR count). The normalized spacial score (nSPS) is 10.7. The van der Waals surface area contributed by atoms with Gasteiger partial charge in [0, 0.05) is 42.2 Å². The molecule has 8 heteroatoms. The Kier molecular flexibility index (Phi) is 5.69. The number of nitrogens with one attached hydrogen (secondary N) is 1. The van der Waals surface area contributed by atoms with Crippen LogP contribution in [0.4, 0.5) is 11.5 Å². The Bertz CT molecular complexity index is 1330. The number of rotatable bonds is 7. The summed E-state index contributed by atoms with van der Waals surface area (Å²) in [6, 6.07) is 11.1. The van der Waals surface area contributed by atoms with Gasteiger partial charge < -0.3 is 14.8 Å². The summed E-state index contributed by atoms with van der Waals surface area (Å²) < 4.78 is 13.7. The predicted molar refractivity (Wildman–Crippen MR) is 119 cm³/mol. The summed E-state index contributed by atoms with van der Waals surface area (Å²) in [5.41, 5.74) is 2.64. The van der Waals surface area contributed by atoms with Crippen LogP contribution in [-0.4, -0.2) is 39.9 Å². The van der Waals surface area contributed by atoms with Gasteiger partial charge in [-0.3, -0.25) is 9.13 Å². The van der Waals surface area contributed by atoms with Crippen molar-refractivity contribution in [2.75, 3.05) is 26.1 Å². The summed E-state index contributed by atoms with van der Waals surface area (Å²) in [5, 5.41) is 4.03. The molecule has 0 spiro atoms. The number of methoxy groups -OCH3 is 2. The minimum Gasteiger partial charge on any atom is -0.494 e. The summed E-state index contributed by atoms with van der Waals surface area (Å²) >= 11 is 0. The van der Waals surface area contributed by atoms with E-state index in [2.05, 4.69) is 21.2 Å². The Hall–Kier alpha value is -4.09. The summed E-state index contributed by atoms with van der Waals surface area (Å²) in [4.78, 5) is 21.6. The van der Waals surface area contributed by atoms with Gasteiger partial charge in [0.1, 0.15) is 17.9 Å². The lowest BCUT2D eigenvalue weighted by molar-refractivity contribution is 0.186. The predicted octanol–water partition coefficient (Wildman–Crippen LogP) is 2.96. The maximum Gasteiger partial charge on any atom is 0.332 e. The molecular weight excluding hydrogens is 394 g/mol. The number of imidazole rings is 1. The van der Waals surface area contributed by atoms with Crippen molar-refractivity contribution in [1.82, 2.24) is 19.1 Å². The van der Waals surface area contributed by atoms with Crippen LogP contribution in [0.1, 0.15) is 5.56 Å². The Balaban J connectivity index is 1.82. The van der Waals surface area contributed by atoms with Crippen LogP contribution < -0.4 is 15.7 Å². The second kappa shape index (κ2) is 8.73. The number of ether oxygens (including phenoxy) is 2. The second-order valence-electron chi connectivity index (χ2n) is 6.75. The van der Waals surface area contributed by atoms with Crippen LogP contribution in [-0.2, 0) is 11.3 Å². The third-order valence-corrected chi connectivity index (χ3v) is 4.87. The minimum absolute atomic E-state index is 0.192. The molecule has 4 aromatic rings. The fourth-order valence-corrected chi connectivity index (χ4v) is 3.30. The highest BCUT2D eigenvalue weighted by molar-refractivity contribution is 5.93. The van der Waals surface area contributed by atoms with Crippen molar-refractivity contribution < 1.29 is 9.47 Å². The summed E-state index contributed by atoms with van der Waals surface area (Å²) in [6.07, 6.45) is 10.4. The molecule has 0 amide bonds. The molecule has 0 unspecified atom stereocenters. The Morgan fingerprint density at radius 2 is 2.03 bits per heavy atom. The molecule has 0 aliphatic carbocycles. The first kappa shape index (κ1) is 20.2. The van der Waals surface area contributed by atoms with Crippen LogP contribution in [0.5, 0.6) is 5.75 Å². The number of anilines is 2. The van der Waals surface area contributed by atoms with Crippen molar-refractivity contribution >= 4 is 22.4 Å². The lowest BCUT2D eigenvalue weighted by Gasteiger charge is -2.13. The first-order chi connectivity index (χ1) is 15.1. The SMILES string of the molecule is C#Cc1cccc(Nc2ncnc3cc(OC)c(-n4ccn(CCOC)c4=O)cc23)c1. The highest BCUT2D eigenvalue weighted by atomic mass is 16.5. The van der Waals surface area contributed by atoms with Crippen LogP contribution in [0.15, 0.2) is 59.9 Å². The largest absolute Gasteiger partial charge is 0.494 e. The molecule has 0 atom stereocenters. The third kappa shape index (κ3) is 3.99. The first-order valence-corrected chi connectivity index (χ1v) is 9.58. The van der Waals surface area contributed by atoms with Gasteiger partial charge in [-0.25, -0.2) is 14.8 Å². The Labute approximate surface area is 179 Å². The second-order valence-corrected chi connectivity index (χ2v) is 6.75. The molecule has 156 valence electrons. The van der Waals surface area contributed by atoms with Gasteiger partial charge in [-0.05, 0) is 24.3 Å². The molecular formula is C23H21N5O3. The van der Waals surface area contributed by atoms with Crippen molar-refractivity contribution in [1.29, 1.82) is 0 Å². The first-order valence-electron chi connectivity index (χ1n) is 9.58. The van der Waals surface area contributed by atoms with Crippen molar-refractivity contribution in [3.05, 3.63) is 71.2 Å². The van der Waals surface area contributed by atoms with Gasteiger partial charge in [0.15, 0.2) is 0 Å². The number of hydrogen-bond acceptors (Lipinski definition) is 6. The Morgan fingerprint density at radius 1 is 1.16 bits per heavy atom. The maximum absolute atomic E-state index is 12.9. The number of benzene rings is 2. The van der Waals surface area contributed by atoms with E-state index in [1.54, 1.807) is 37.2 Å². The van der Waals surface area contributed by atoms with Gasteiger partial charge in [0.2, 0.25) is 0 Å². The molecule has 8 nitrogen and oxygen atoms in total. The molecule has 2 heterocycles. The van der Waals surface area contributed by atoms with Gasteiger partial charge in [-0.1, -0.05) is 12.0 Å². The smallest absolute Gasteiger partial charge is 0.332 e. The van der Waals surface area contributed by atoms with Gasteiger partial charge in [0.25, 0.3) is 0 Å². The zero-order valence-corrected chi connectivity index (χ0v) is 17.2. The van der Waals surface area contributed by atoms with Crippen molar-refractivity contribution in [2.24, 2.45) is 0 Å². The topological polar surface area (TPSA) is 83.2 Å². The number of terminal acetylenes is 1. The van der Waals surface area contributed by atoms with E-state index >= 15 is 0 Å². The average molecular weight is 415 g/mol. The molecule has 0 fully saturated rings. The van der Waals surface area contributed by atoms with E-state index in [1.807, 2.05) is 30.3 Å². The van der Waals surface area contributed by atoms with Crippen molar-refractivity contribution in [2.45, 2.75) is 6.54 Å². The number of nitrogens with zero attached hydrogens (tertiary/aromatic N) is 4. The van der Waals surface area contributed by atoms with Crippen LogP contribution in [0.3, 0.4) is 0 Å². The monoisotopic (exact) mass is 415 g/mol. The fourth-order valence-electron chi connectivity index (χ4n) is 3.30. The minimum atomic E-state index is -0.192. The average Bonchev–Trinajstić information content (AvgIpc) is 3.17. The molecule has 0 saturated heterocycles. The standard InChI is InChI=1S/C23H21N5O3/c1-4-16-6-5-7-17(12-16)26-22-18-13-20(21(31-3)14-19(18)24-15-25-22)28-9-8-27(23(28)29)10-11-30-2/h1,5-9,12-15H,10-11H2,2-3H3,(H,24,25,26). The fraction of sp³-hybridized carbons (Fsp3) is 0.174. The van der Waals surface area contributed by atoms with Gasteiger partial charge in [0.05, 0.1) is 31.5 Å². The lowest BCUT2D eigenvalue weighted by atomic mass is 10.1. The van der Waals surface area contributed by atoms with Crippen LogP contribution in [0.2, 0.25) is 0 Å². The van der Waals surface area contributed by atoms with E-state index in [9.17, 15) is 4.79 Å². The zero-order chi connectivity index (χ0) is 21.8. The van der Waals surface area contributed by atoms with E-state index in [4.69, 9.17) is 15.9 Å². The van der Waals surface area contributed by atoms with E-state index in [1.165, 1.54) is 10.9 Å². The lowest BCUT2D eigenvalue weighted by Crippen LogP contribution is -2.24. The Morgan fingerprint density at radius 3 is 2.81 bits per heavy atom. The molecule has 31 heavy (non-hydrogen) atoms. The van der Waals surface area contributed by atoms with E-state index in [0.717, 1.165) is 16.6 Å². The van der Waals surface area contributed by atoms with E-state index in [0.29, 0.717) is 35.9 Å². The summed E-state index contributed by atoms with van der Waals surface area (Å²) in [5.74, 6) is 3.74. The van der Waals surface area contributed by atoms with Crippen LogP contribution in [0.25, 0.3) is 16.6 Å². The summed E-state index contributed by atoms with van der Waals surface area (Å²) in [7, 11) is 3.16. The molecule has 0 aliphatic rings. The van der Waals surface area contributed by atoms with Crippen molar-refractivity contribution in [3.63, 3.8) is 0 Å². The molecule has 0 aliphatic heterocycles. The molecule has 0 bridgehead atoms. The maximum atomic E-state index is 12.9. The quantitative estimate of drug-likeness (QED) is 0.467. The third-order valence-electron chi connectivity index (χ3n) is 4.87.